The molecule has 2 rings (SSSR count). The molecular formula is C23H36N4O2S. The smallest absolute Gasteiger partial charge is 0.233 e. The molecule has 1 amide bonds. The molecule has 7 heteroatoms. The minimum atomic E-state index is 0.123. The van der Waals surface area contributed by atoms with Crippen molar-refractivity contribution in [3.63, 3.8) is 0 Å². The van der Waals surface area contributed by atoms with Crippen molar-refractivity contribution < 1.29 is 9.53 Å². The van der Waals surface area contributed by atoms with Crippen LogP contribution in [0.4, 0.5) is 0 Å². The van der Waals surface area contributed by atoms with Gasteiger partial charge < -0.3 is 14.2 Å². The number of ether oxygens (including phenoxy) is 1. The fraction of sp³-hybridized carbons (Fsp3) is 0.609. The maximum Gasteiger partial charge on any atom is 0.233 e. The highest BCUT2D eigenvalue weighted by Gasteiger charge is 2.22. The Labute approximate surface area is 185 Å². The number of nitrogens with zero attached hydrogens (tertiary/aromatic N) is 4. The summed E-state index contributed by atoms with van der Waals surface area (Å²) in [7, 11) is 0. The Bertz CT molecular complexity index is 792. The van der Waals surface area contributed by atoms with Crippen LogP contribution >= 0.6 is 11.8 Å². The highest BCUT2D eigenvalue weighted by molar-refractivity contribution is 7.99. The van der Waals surface area contributed by atoms with Gasteiger partial charge in [-0.3, -0.25) is 4.79 Å². The maximum atomic E-state index is 12.7. The molecule has 0 aliphatic carbocycles. The van der Waals surface area contributed by atoms with Gasteiger partial charge >= 0.3 is 0 Å². The van der Waals surface area contributed by atoms with Gasteiger partial charge in [0.25, 0.3) is 0 Å². The molecule has 0 aliphatic rings. The molecule has 30 heavy (non-hydrogen) atoms. The number of amides is 1. The first-order chi connectivity index (χ1) is 14.2. The van der Waals surface area contributed by atoms with Crippen LogP contribution in [-0.2, 0) is 24.4 Å². The molecule has 0 atom stereocenters. The Kier molecular flexibility index (Phi) is 9.21. The summed E-state index contributed by atoms with van der Waals surface area (Å²) in [6.07, 6.45) is 1.01. The quantitative estimate of drug-likeness (QED) is 0.477. The fourth-order valence-corrected chi connectivity index (χ4v) is 4.26. The van der Waals surface area contributed by atoms with Crippen molar-refractivity contribution in [3.05, 3.63) is 35.7 Å². The standard InChI is InChI=1S/C23H36N4O2S/c1-8-19-9-11-20(12-10-19)29-14-21-24-25-23(26(21)13-16(2)3)30-15-22(28)27(17(4)5)18(6)7/h9-12,16-18H,8,13-15H2,1-7H3. The van der Waals surface area contributed by atoms with Gasteiger partial charge in [0, 0.05) is 18.6 Å². The average molecular weight is 433 g/mol. The Morgan fingerprint density at radius 2 is 1.70 bits per heavy atom. The van der Waals surface area contributed by atoms with Crippen LogP contribution in [0.5, 0.6) is 5.75 Å². The normalized spacial score (nSPS) is 11.5. The van der Waals surface area contributed by atoms with Crippen molar-refractivity contribution in [1.29, 1.82) is 0 Å². The molecule has 1 aromatic carbocycles. The molecule has 1 heterocycles. The summed E-state index contributed by atoms with van der Waals surface area (Å²) in [5.41, 5.74) is 1.28. The molecule has 0 N–H and O–H groups in total. The summed E-state index contributed by atoms with van der Waals surface area (Å²) in [5, 5.41) is 9.48. The molecular weight excluding hydrogens is 396 g/mol. The molecule has 0 fully saturated rings. The SMILES string of the molecule is CCc1ccc(OCc2nnc(SCC(=O)N(C(C)C)C(C)C)n2CC(C)C)cc1. The first kappa shape index (κ1) is 24.3. The summed E-state index contributed by atoms with van der Waals surface area (Å²) in [6.45, 7) is 15.8. The molecule has 0 saturated heterocycles. The van der Waals surface area contributed by atoms with E-state index >= 15 is 0 Å². The van der Waals surface area contributed by atoms with Crippen LogP contribution in [0.3, 0.4) is 0 Å². The van der Waals surface area contributed by atoms with E-state index in [1.165, 1.54) is 17.3 Å². The zero-order valence-electron chi connectivity index (χ0n) is 19.4. The largest absolute Gasteiger partial charge is 0.486 e. The van der Waals surface area contributed by atoms with Crippen molar-refractivity contribution in [2.75, 3.05) is 5.75 Å². The van der Waals surface area contributed by atoms with Crippen LogP contribution in [0.2, 0.25) is 0 Å². The maximum absolute atomic E-state index is 12.7. The van der Waals surface area contributed by atoms with E-state index in [1.807, 2.05) is 44.7 Å². The number of carbonyl (C=O) groups excluding carboxylic acids is 1. The number of aromatic nitrogens is 3. The lowest BCUT2D eigenvalue weighted by molar-refractivity contribution is -0.131. The van der Waals surface area contributed by atoms with Crippen molar-refractivity contribution in [2.24, 2.45) is 5.92 Å². The summed E-state index contributed by atoms with van der Waals surface area (Å²) in [6, 6.07) is 8.49. The zero-order valence-corrected chi connectivity index (χ0v) is 20.2. The molecule has 166 valence electrons. The Balaban J connectivity index is 2.08. The molecule has 0 saturated carbocycles. The number of benzene rings is 1. The van der Waals surface area contributed by atoms with Crippen molar-refractivity contribution in [1.82, 2.24) is 19.7 Å². The van der Waals surface area contributed by atoms with Gasteiger partial charge in [0.05, 0.1) is 5.75 Å². The molecule has 0 unspecified atom stereocenters. The van der Waals surface area contributed by atoms with Gasteiger partial charge in [-0.05, 0) is 57.7 Å². The van der Waals surface area contributed by atoms with Crippen molar-refractivity contribution in [3.8, 4) is 5.75 Å². The van der Waals surface area contributed by atoms with Gasteiger partial charge in [-0.1, -0.05) is 44.7 Å². The number of thioether (sulfide) groups is 1. The average Bonchev–Trinajstić information content (AvgIpc) is 3.05. The van der Waals surface area contributed by atoms with Crippen LogP contribution in [-0.4, -0.2) is 43.4 Å². The van der Waals surface area contributed by atoms with Gasteiger partial charge in [0.15, 0.2) is 11.0 Å². The molecule has 0 aliphatic heterocycles. The second-order valence-corrected chi connectivity index (χ2v) is 9.41. The lowest BCUT2D eigenvalue weighted by Gasteiger charge is -2.30. The lowest BCUT2D eigenvalue weighted by atomic mass is 10.2. The minimum Gasteiger partial charge on any atom is -0.486 e. The molecule has 0 spiro atoms. The van der Waals surface area contributed by atoms with E-state index in [0.717, 1.165) is 29.7 Å². The summed E-state index contributed by atoms with van der Waals surface area (Å²) in [5.74, 6) is 2.51. The van der Waals surface area contributed by atoms with Crippen LogP contribution in [0.1, 0.15) is 59.9 Å². The van der Waals surface area contributed by atoms with E-state index in [4.69, 9.17) is 4.74 Å². The van der Waals surface area contributed by atoms with Gasteiger partial charge in [-0.25, -0.2) is 0 Å². The summed E-state index contributed by atoms with van der Waals surface area (Å²) in [4.78, 5) is 14.6. The third kappa shape index (κ3) is 6.76. The molecule has 6 nitrogen and oxygen atoms in total. The number of rotatable bonds is 11. The topological polar surface area (TPSA) is 60.3 Å². The molecule has 2 aromatic rings. The minimum absolute atomic E-state index is 0.123. The van der Waals surface area contributed by atoms with E-state index in [2.05, 4.69) is 47.7 Å². The van der Waals surface area contributed by atoms with Gasteiger partial charge in [0.1, 0.15) is 12.4 Å². The lowest BCUT2D eigenvalue weighted by Crippen LogP contribution is -2.43. The van der Waals surface area contributed by atoms with Crippen LogP contribution in [0, 0.1) is 5.92 Å². The van der Waals surface area contributed by atoms with E-state index in [0.29, 0.717) is 18.3 Å². The second kappa shape index (κ2) is 11.4. The van der Waals surface area contributed by atoms with E-state index in [9.17, 15) is 4.79 Å². The van der Waals surface area contributed by atoms with Gasteiger partial charge in [-0.2, -0.15) is 0 Å². The van der Waals surface area contributed by atoms with Crippen molar-refractivity contribution >= 4 is 17.7 Å². The van der Waals surface area contributed by atoms with Crippen LogP contribution in [0.15, 0.2) is 29.4 Å². The Hall–Kier alpha value is -2.02. The van der Waals surface area contributed by atoms with E-state index < -0.39 is 0 Å². The molecule has 1 aromatic heterocycles. The molecule has 0 bridgehead atoms. The number of aryl methyl sites for hydroxylation is 1. The highest BCUT2D eigenvalue weighted by Crippen LogP contribution is 2.22. The second-order valence-electron chi connectivity index (χ2n) is 8.47. The number of hydrogen-bond donors (Lipinski definition) is 0. The predicted octanol–water partition coefficient (Wildman–Crippen LogP) is 4.81. The monoisotopic (exact) mass is 432 g/mol. The predicted molar refractivity (Wildman–Crippen MR) is 123 cm³/mol. The molecule has 0 radical (unpaired) electrons. The first-order valence-electron chi connectivity index (χ1n) is 10.8. The van der Waals surface area contributed by atoms with Gasteiger partial charge in [0.2, 0.25) is 5.91 Å². The third-order valence-corrected chi connectivity index (χ3v) is 5.72. The van der Waals surface area contributed by atoms with Gasteiger partial charge in [-0.15, -0.1) is 10.2 Å². The van der Waals surface area contributed by atoms with Crippen LogP contribution < -0.4 is 4.74 Å². The van der Waals surface area contributed by atoms with Crippen LogP contribution in [0.25, 0.3) is 0 Å². The van der Waals surface area contributed by atoms with Crippen molar-refractivity contribution in [2.45, 2.75) is 85.3 Å². The summed E-state index contributed by atoms with van der Waals surface area (Å²) < 4.78 is 8.03. The van der Waals surface area contributed by atoms with E-state index in [1.54, 1.807) is 0 Å². The Morgan fingerprint density at radius 3 is 2.23 bits per heavy atom. The Morgan fingerprint density at radius 1 is 1.07 bits per heavy atom. The third-order valence-electron chi connectivity index (χ3n) is 4.77. The highest BCUT2D eigenvalue weighted by atomic mass is 32.2. The number of carbonyl (C=O) groups is 1. The first-order valence-corrected chi connectivity index (χ1v) is 11.8. The summed E-state index contributed by atoms with van der Waals surface area (Å²) >= 11 is 1.45. The van der Waals surface area contributed by atoms with E-state index in [-0.39, 0.29) is 18.0 Å². The zero-order chi connectivity index (χ0) is 22.3. The number of hydrogen-bond acceptors (Lipinski definition) is 5. The fourth-order valence-electron chi connectivity index (χ4n) is 3.42.